The van der Waals surface area contributed by atoms with E-state index in [4.69, 9.17) is 21.1 Å². The molecule has 30 heavy (non-hydrogen) atoms. The normalized spacial score (nSPS) is 13.8. The average molecular weight is 451 g/mol. The van der Waals surface area contributed by atoms with Gasteiger partial charge in [-0.2, -0.15) is 0 Å². The van der Waals surface area contributed by atoms with Crippen molar-refractivity contribution in [2.24, 2.45) is 0 Å². The van der Waals surface area contributed by atoms with Crippen LogP contribution < -0.4 is 5.32 Å². The van der Waals surface area contributed by atoms with Crippen LogP contribution in [0.15, 0.2) is 24.3 Å². The van der Waals surface area contributed by atoms with Crippen LogP contribution in [0, 0.1) is 6.92 Å². The minimum Gasteiger partial charge on any atom is -0.462 e. The van der Waals surface area contributed by atoms with Crippen LogP contribution >= 0.6 is 22.9 Å². The highest BCUT2D eigenvalue weighted by Crippen LogP contribution is 2.35. The molecular formula is C21H23ClN2O5S. The molecule has 1 aliphatic rings. The standard InChI is InChI=1S/C21H23ClN2O5S/c1-3-29-21(27)17-13(2)18(20(26)24-8-10-28-11-9-24)30-19(17)23-16(25)12-14-4-6-15(22)7-5-14/h4-7H,3,8-12H2,1-2H3,(H,23,25). The van der Waals surface area contributed by atoms with Crippen molar-refractivity contribution in [3.63, 3.8) is 0 Å². The van der Waals surface area contributed by atoms with E-state index in [2.05, 4.69) is 5.32 Å². The Morgan fingerprint density at radius 2 is 1.87 bits per heavy atom. The molecule has 1 fully saturated rings. The second-order valence-corrected chi connectivity index (χ2v) is 8.19. The maximum Gasteiger partial charge on any atom is 0.341 e. The molecule has 0 aliphatic carbocycles. The summed E-state index contributed by atoms with van der Waals surface area (Å²) < 4.78 is 10.5. The van der Waals surface area contributed by atoms with E-state index in [0.29, 0.717) is 46.8 Å². The molecule has 2 heterocycles. The van der Waals surface area contributed by atoms with Crippen molar-refractivity contribution in [1.82, 2.24) is 4.90 Å². The minimum absolute atomic E-state index is 0.114. The number of carbonyl (C=O) groups excluding carboxylic acids is 3. The van der Waals surface area contributed by atoms with Crippen molar-refractivity contribution >= 4 is 45.7 Å². The number of rotatable bonds is 6. The fourth-order valence-electron chi connectivity index (χ4n) is 3.12. The first-order valence-corrected chi connectivity index (χ1v) is 10.8. The van der Waals surface area contributed by atoms with Gasteiger partial charge in [0, 0.05) is 18.1 Å². The predicted octanol–water partition coefficient (Wildman–Crippen LogP) is 3.54. The number of carbonyl (C=O) groups is 3. The molecule has 0 saturated carbocycles. The van der Waals surface area contributed by atoms with Crippen LogP contribution in [-0.2, 0) is 20.7 Å². The van der Waals surface area contributed by atoms with Gasteiger partial charge in [-0.3, -0.25) is 9.59 Å². The zero-order valence-corrected chi connectivity index (χ0v) is 18.4. The van der Waals surface area contributed by atoms with Crippen molar-refractivity contribution in [1.29, 1.82) is 0 Å². The van der Waals surface area contributed by atoms with Crippen LogP contribution in [0.1, 0.15) is 38.1 Å². The monoisotopic (exact) mass is 450 g/mol. The van der Waals surface area contributed by atoms with Gasteiger partial charge < -0.3 is 19.7 Å². The molecule has 160 valence electrons. The Morgan fingerprint density at radius 1 is 1.20 bits per heavy atom. The smallest absolute Gasteiger partial charge is 0.341 e. The quantitative estimate of drug-likeness (QED) is 0.680. The Balaban J connectivity index is 1.85. The fraction of sp³-hybridized carbons (Fsp3) is 0.381. The highest BCUT2D eigenvalue weighted by atomic mass is 35.5. The van der Waals surface area contributed by atoms with E-state index in [1.807, 2.05) is 0 Å². The molecule has 1 aromatic heterocycles. The van der Waals surface area contributed by atoms with Crippen LogP contribution in [0.2, 0.25) is 5.02 Å². The van der Waals surface area contributed by atoms with E-state index >= 15 is 0 Å². The van der Waals surface area contributed by atoms with Crippen molar-refractivity contribution in [3.05, 3.63) is 50.9 Å². The third-order valence-corrected chi connectivity index (χ3v) is 6.10. The molecule has 1 aliphatic heterocycles. The lowest BCUT2D eigenvalue weighted by Gasteiger charge is -2.26. The Kier molecular flexibility index (Phi) is 7.47. The molecule has 2 aromatic rings. The average Bonchev–Trinajstić information content (AvgIpc) is 3.05. The lowest BCUT2D eigenvalue weighted by atomic mass is 10.1. The van der Waals surface area contributed by atoms with Crippen LogP contribution in [0.4, 0.5) is 5.00 Å². The van der Waals surface area contributed by atoms with Crippen molar-refractivity contribution in [2.45, 2.75) is 20.3 Å². The van der Waals surface area contributed by atoms with Gasteiger partial charge in [-0.05, 0) is 37.1 Å². The second kappa shape index (κ2) is 10.1. The first kappa shape index (κ1) is 22.3. The molecule has 9 heteroatoms. The van der Waals surface area contributed by atoms with E-state index < -0.39 is 5.97 Å². The number of nitrogens with zero attached hydrogens (tertiary/aromatic N) is 1. The molecular weight excluding hydrogens is 428 g/mol. The van der Waals surface area contributed by atoms with Gasteiger partial charge in [0.25, 0.3) is 5.91 Å². The Labute approximate surface area is 183 Å². The van der Waals surface area contributed by atoms with Crippen molar-refractivity contribution < 1.29 is 23.9 Å². The minimum atomic E-state index is -0.561. The van der Waals surface area contributed by atoms with Crippen LogP contribution in [0.25, 0.3) is 0 Å². The summed E-state index contributed by atoms with van der Waals surface area (Å²) in [6, 6.07) is 6.95. The number of morpholine rings is 1. The number of esters is 1. The number of halogens is 1. The van der Waals surface area contributed by atoms with Crippen molar-refractivity contribution in [3.8, 4) is 0 Å². The maximum absolute atomic E-state index is 13.0. The van der Waals surface area contributed by atoms with Gasteiger partial charge >= 0.3 is 5.97 Å². The summed E-state index contributed by atoms with van der Waals surface area (Å²) >= 11 is 6.98. The molecule has 2 amide bonds. The molecule has 1 saturated heterocycles. The number of ether oxygens (including phenoxy) is 2. The SMILES string of the molecule is CCOC(=O)c1c(NC(=O)Cc2ccc(Cl)cc2)sc(C(=O)N2CCOCC2)c1C. The summed E-state index contributed by atoms with van der Waals surface area (Å²) in [6.45, 7) is 5.53. The number of hydrogen-bond acceptors (Lipinski definition) is 6. The first-order chi connectivity index (χ1) is 14.4. The van der Waals surface area contributed by atoms with E-state index in [-0.39, 0.29) is 30.4 Å². The van der Waals surface area contributed by atoms with Gasteiger partial charge in [0.1, 0.15) is 5.00 Å². The van der Waals surface area contributed by atoms with Crippen LogP contribution in [0.3, 0.4) is 0 Å². The number of hydrogen-bond donors (Lipinski definition) is 1. The molecule has 0 atom stereocenters. The summed E-state index contributed by atoms with van der Waals surface area (Å²) in [4.78, 5) is 40.2. The Hall–Kier alpha value is -2.42. The Morgan fingerprint density at radius 3 is 2.50 bits per heavy atom. The largest absolute Gasteiger partial charge is 0.462 e. The van der Waals surface area contributed by atoms with Gasteiger partial charge in [0.05, 0.1) is 36.7 Å². The zero-order valence-electron chi connectivity index (χ0n) is 16.8. The highest BCUT2D eigenvalue weighted by molar-refractivity contribution is 7.18. The third-order valence-electron chi connectivity index (χ3n) is 4.65. The van der Waals surface area contributed by atoms with Crippen molar-refractivity contribution in [2.75, 3.05) is 38.2 Å². The number of benzene rings is 1. The van der Waals surface area contributed by atoms with E-state index in [1.165, 1.54) is 0 Å². The zero-order chi connectivity index (χ0) is 21.7. The number of anilines is 1. The number of nitrogens with one attached hydrogen (secondary N) is 1. The molecule has 0 unspecified atom stereocenters. The van der Waals surface area contributed by atoms with Gasteiger partial charge in [0.15, 0.2) is 0 Å². The van der Waals surface area contributed by atoms with E-state index in [1.54, 1.807) is 43.0 Å². The van der Waals surface area contributed by atoms with E-state index in [9.17, 15) is 14.4 Å². The first-order valence-electron chi connectivity index (χ1n) is 9.62. The van der Waals surface area contributed by atoms with Crippen LogP contribution in [-0.4, -0.2) is 55.6 Å². The summed E-state index contributed by atoms with van der Waals surface area (Å²) in [5, 5.41) is 3.69. The summed E-state index contributed by atoms with van der Waals surface area (Å²) in [5.41, 5.74) is 1.52. The third kappa shape index (κ3) is 5.19. The molecule has 1 N–H and O–H groups in total. The lowest BCUT2D eigenvalue weighted by molar-refractivity contribution is -0.115. The fourth-order valence-corrected chi connectivity index (χ4v) is 4.43. The van der Waals surface area contributed by atoms with Gasteiger partial charge in [0.2, 0.25) is 5.91 Å². The molecule has 0 radical (unpaired) electrons. The molecule has 7 nitrogen and oxygen atoms in total. The highest BCUT2D eigenvalue weighted by Gasteiger charge is 2.29. The lowest BCUT2D eigenvalue weighted by Crippen LogP contribution is -2.40. The molecule has 3 rings (SSSR count). The molecule has 0 bridgehead atoms. The van der Waals surface area contributed by atoms with Gasteiger partial charge in [-0.1, -0.05) is 23.7 Å². The maximum atomic E-state index is 13.0. The molecule has 1 aromatic carbocycles. The second-order valence-electron chi connectivity index (χ2n) is 6.74. The summed E-state index contributed by atoms with van der Waals surface area (Å²) in [5.74, 6) is -1.03. The molecule has 0 spiro atoms. The topological polar surface area (TPSA) is 84.9 Å². The predicted molar refractivity (Wildman–Crippen MR) is 116 cm³/mol. The van der Waals surface area contributed by atoms with Gasteiger partial charge in [-0.15, -0.1) is 11.3 Å². The Bertz CT molecular complexity index is 936. The van der Waals surface area contributed by atoms with Gasteiger partial charge in [-0.25, -0.2) is 4.79 Å². The van der Waals surface area contributed by atoms with E-state index in [0.717, 1.165) is 16.9 Å². The summed E-state index contributed by atoms with van der Waals surface area (Å²) in [6.07, 6.45) is 0.114. The number of thiophene rings is 1. The summed E-state index contributed by atoms with van der Waals surface area (Å²) in [7, 11) is 0. The van der Waals surface area contributed by atoms with Crippen LogP contribution in [0.5, 0.6) is 0 Å². The number of amides is 2.